The van der Waals surface area contributed by atoms with Crippen molar-refractivity contribution in [3.05, 3.63) is 23.8 Å². The maximum atomic E-state index is 2.54. The van der Waals surface area contributed by atoms with Crippen LogP contribution in [0.4, 0.5) is 0 Å². The summed E-state index contributed by atoms with van der Waals surface area (Å²) >= 11 is -2.76. The first-order valence-electron chi connectivity index (χ1n) is 4.92. The molecule has 0 saturated carbocycles. The van der Waals surface area contributed by atoms with Crippen LogP contribution < -0.4 is 0 Å². The average molecular weight is 406 g/mol. The summed E-state index contributed by atoms with van der Waals surface area (Å²) in [6.07, 6.45) is 7.96. The quantitative estimate of drug-likeness (QED) is 0.525. The second-order valence-electron chi connectivity index (χ2n) is 8.40. The molecule has 1 rings (SSSR count). The standard InChI is InChI=1S/C6H7.5CH3.2ClH.Hf/c1-6-4-2-3-5-6;;;;;;;;/h2-4H,1,5H2;5*1H3;2*1H;. The van der Waals surface area contributed by atoms with Gasteiger partial charge in [0.15, 0.2) is 0 Å². The summed E-state index contributed by atoms with van der Waals surface area (Å²) in [5, 5.41) is 0. The first kappa shape index (κ1) is 17.3. The van der Waals surface area contributed by atoms with Gasteiger partial charge in [-0.25, -0.2) is 0 Å². The van der Waals surface area contributed by atoms with Gasteiger partial charge in [-0.05, 0) is 0 Å². The zero-order valence-electron chi connectivity index (χ0n) is 9.96. The van der Waals surface area contributed by atoms with Crippen molar-refractivity contribution >= 4 is 24.8 Å². The molecule has 0 unspecified atom stereocenters. The van der Waals surface area contributed by atoms with Crippen LogP contribution in [0.1, 0.15) is 6.42 Å². The van der Waals surface area contributed by atoms with Gasteiger partial charge in [0, 0.05) is 0 Å². The monoisotopic (exact) mass is 406 g/mol. The Kier molecular flexibility index (Phi) is 5.03. The van der Waals surface area contributed by atoms with E-state index in [2.05, 4.69) is 41.6 Å². The molecule has 0 atom stereocenters. The third-order valence-electron chi connectivity index (χ3n) is 1.96. The van der Waals surface area contributed by atoms with Gasteiger partial charge in [0.05, 0.1) is 0 Å². The van der Waals surface area contributed by atoms with Gasteiger partial charge >= 0.3 is 74.8 Å². The molecule has 0 aliphatic heterocycles. The van der Waals surface area contributed by atoms with Crippen LogP contribution in [0, 0.1) is 0 Å². The summed E-state index contributed by atoms with van der Waals surface area (Å²) in [7, 11) is 0. The molecule has 86 valence electrons. The molecule has 0 saturated heterocycles. The van der Waals surface area contributed by atoms with E-state index < -0.39 is 17.0 Å². The Balaban J connectivity index is 0. The van der Waals surface area contributed by atoms with Crippen LogP contribution in [0.15, 0.2) is 23.8 Å². The molecule has 0 aromatic carbocycles. The van der Waals surface area contributed by atoms with E-state index in [-0.39, 0.29) is 24.8 Å². The number of allylic oxidation sites excluding steroid dienone is 4. The molecule has 0 radical (unpaired) electrons. The van der Waals surface area contributed by atoms with Gasteiger partial charge < -0.3 is 0 Å². The van der Waals surface area contributed by atoms with Crippen molar-refractivity contribution in [2.45, 2.75) is 34.0 Å². The van der Waals surface area contributed by atoms with Gasteiger partial charge in [0.2, 0.25) is 0 Å². The van der Waals surface area contributed by atoms with Gasteiger partial charge in [0.1, 0.15) is 0 Å². The van der Waals surface area contributed by atoms with Crippen LogP contribution in [0.5, 0.6) is 0 Å². The molecule has 0 heterocycles. The molecular weight excluding hydrogens is 382 g/mol. The summed E-state index contributed by atoms with van der Waals surface area (Å²) in [5.74, 6) is 0. The van der Waals surface area contributed by atoms with Crippen molar-refractivity contribution in [1.82, 2.24) is 0 Å². The molecule has 0 spiro atoms. The van der Waals surface area contributed by atoms with E-state index >= 15 is 0 Å². The van der Waals surface area contributed by atoms with Crippen molar-refractivity contribution in [1.29, 1.82) is 0 Å². The van der Waals surface area contributed by atoms with E-state index in [0.717, 1.165) is 0 Å². The predicted molar refractivity (Wildman–Crippen MR) is 70.5 cm³/mol. The molecule has 0 aromatic heterocycles. The minimum absolute atomic E-state index is 0. The van der Waals surface area contributed by atoms with E-state index in [1.54, 1.807) is 5.57 Å². The molecule has 0 N–H and O–H groups in total. The van der Waals surface area contributed by atoms with Gasteiger partial charge in [-0.1, -0.05) is 0 Å². The summed E-state index contributed by atoms with van der Waals surface area (Å²) in [5.41, 5.74) is 1.65. The molecule has 0 fully saturated rings. The van der Waals surface area contributed by atoms with E-state index in [1.807, 2.05) is 0 Å². The van der Waals surface area contributed by atoms with E-state index in [0.29, 0.717) is 0 Å². The Hall–Kier alpha value is 0.930. The summed E-state index contributed by atoms with van der Waals surface area (Å²) in [6.45, 7) is 0. The fourth-order valence-corrected chi connectivity index (χ4v) is 10.9. The van der Waals surface area contributed by atoms with Crippen molar-refractivity contribution in [2.75, 3.05) is 0 Å². The molecule has 0 aromatic rings. The number of hydrogen-bond donors (Lipinski definition) is 0. The Bertz CT molecular complexity index is 253. The maximum absolute atomic E-state index is 2.76. The van der Waals surface area contributed by atoms with Crippen LogP contribution in [-0.4, -0.2) is 0 Å². The van der Waals surface area contributed by atoms with Crippen LogP contribution in [0.3, 0.4) is 0 Å². The molecule has 3 heteroatoms. The van der Waals surface area contributed by atoms with Gasteiger partial charge in [-0.2, -0.15) is 0 Å². The topological polar surface area (TPSA) is 0 Å². The third kappa shape index (κ3) is 8.26. The summed E-state index contributed by atoms with van der Waals surface area (Å²) in [6, 6.07) is 0. The van der Waals surface area contributed by atoms with Crippen LogP contribution in [-0.2, 0) is 17.0 Å². The Morgan fingerprint density at radius 1 is 1.07 bits per heavy atom. The molecule has 0 amide bonds. The van der Waals surface area contributed by atoms with Gasteiger partial charge in [0.25, 0.3) is 0 Å². The van der Waals surface area contributed by atoms with Crippen molar-refractivity contribution in [3.63, 3.8) is 0 Å². The SMILES string of the molecule is Cl.Cl.[CH3][Hf]([CH3])([CH3])([CH3])([CH3])[CH2]C1=CC=CC1. The van der Waals surface area contributed by atoms with E-state index in [9.17, 15) is 0 Å². The van der Waals surface area contributed by atoms with E-state index in [1.165, 1.54) is 10.6 Å². The molecule has 1 aliphatic carbocycles. The first-order valence-corrected chi connectivity index (χ1v) is 25.4. The third-order valence-corrected chi connectivity index (χ3v) is 9.94. The van der Waals surface area contributed by atoms with Crippen molar-refractivity contribution in [3.8, 4) is 0 Å². The molecular formula is C11H24Cl2Hf. The number of hydrogen-bond acceptors (Lipinski definition) is 0. The second kappa shape index (κ2) is 4.07. The van der Waals surface area contributed by atoms with Gasteiger partial charge in [-0.15, -0.1) is 24.8 Å². The fourth-order valence-electron chi connectivity index (χ4n) is 1.76. The average Bonchev–Trinajstić information content (AvgIpc) is 2.07. The summed E-state index contributed by atoms with van der Waals surface area (Å²) in [4.78, 5) is 0. The number of halogens is 2. The Labute approximate surface area is 99.0 Å². The normalized spacial score (nSPS) is 19.9. The summed E-state index contributed by atoms with van der Waals surface area (Å²) < 4.78 is 14.1. The zero-order valence-corrected chi connectivity index (χ0v) is 15.2. The molecule has 0 bridgehead atoms. The van der Waals surface area contributed by atoms with Crippen molar-refractivity contribution < 1.29 is 17.0 Å². The predicted octanol–water partition coefficient (Wildman–Crippen LogP) is 5.60. The van der Waals surface area contributed by atoms with Crippen LogP contribution in [0.25, 0.3) is 0 Å². The molecule has 14 heavy (non-hydrogen) atoms. The minimum atomic E-state index is -2.76. The first-order chi connectivity index (χ1) is 5.05. The van der Waals surface area contributed by atoms with E-state index in [4.69, 9.17) is 0 Å². The molecule has 0 nitrogen and oxygen atoms in total. The van der Waals surface area contributed by atoms with Gasteiger partial charge in [-0.3, -0.25) is 0 Å². The fraction of sp³-hybridized carbons (Fsp3) is 0.636. The van der Waals surface area contributed by atoms with Crippen molar-refractivity contribution in [2.24, 2.45) is 0 Å². The molecule has 1 aliphatic rings. The van der Waals surface area contributed by atoms with Crippen LogP contribution >= 0.6 is 24.8 Å². The second-order valence-corrected chi connectivity index (χ2v) is 58.3. The van der Waals surface area contributed by atoms with Crippen LogP contribution in [0.2, 0.25) is 27.6 Å². The zero-order chi connectivity index (χ0) is 9.52. The Morgan fingerprint density at radius 2 is 1.57 bits per heavy atom. The Morgan fingerprint density at radius 3 is 1.86 bits per heavy atom. The number of rotatable bonds is 2.